The van der Waals surface area contributed by atoms with Crippen molar-refractivity contribution in [1.29, 1.82) is 0 Å². The summed E-state index contributed by atoms with van der Waals surface area (Å²) in [4.78, 5) is 6.93. The maximum atomic E-state index is 5.72. The Labute approximate surface area is 128 Å². The van der Waals surface area contributed by atoms with Gasteiger partial charge < -0.3 is 15.0 Å². The molecule has 1 saturated heterocycles. The van der Waals surface area contributed by atoms with Gasteiger partial charge in [-0.1, -0.05) is 13.8 Å². The van der Waals surface area contributed by atoms with Crippen molar-refractivity contribution in [1.82, 2.24) is 10.3 Å². The normalized spacial score (nSPS) is 19.0. The van der Waals surface area contributed by atoms with Gasteiger partial charge in [0.25, 0.3) is 0 Å². The van der Waals surface area contributed by atoms with Crippen LogP contribution >= 0.6 is 0 Å². The molecule has 1 N–H and O–H groups in total. The first-order valence-corrected chi connectivity index (χ1v) is 8.24. The van der Waals surface area contributed by atoms with Gasteiger partial charge in [-0.2, -0.15) is 0 Å². The monoisotopic (exact) mass is 291 g/mol. The standard InChI is InChI=1S/C17H29N3O/c1-4-21-16-8-5-9-19-17(16)20-10-6-7-15(13-20)12-18-11-14(2)3/h5,8-9,14-15,18H,4,6-7,10-13H2,1-3H3. The van der Waals surface area contributed by atoms with Crippen LogP contribution in [0.3, 0.4) is 0 Å². The van der Waals surface area contributed by atoms with E-state index in [2.05, 4.69) is 29.0 Å². The van der Waals surface area contributed by atoms with E-state index >= 15 is 0 Å². The molecule has 4 heteroatoms. The van der Waals surface area contributed by atoms with Gasteiger partial charge in [0.15, 0.2) is 11.6 Å². The molecule has 2 rings (SSSR count). The lowest BCUT2D eigenvalue weighted by atomic mass is 9.97. The lowest BCUT2D eigenvalue weighted by Crippen LogP contribution is -2.40. The lowest BCUT2D eigenvalue weighted by Gasteiger charge is -2.34. The third kappa shape index (κ3) is 4.88. The molecular weight excluding hydrogens is 262 g/mol. The predicted octanol–water partition coefficient (Wildman–Crippen LogP) is 2.94. The Morgan fingerprint density at radius 1 is 1.48 bits per heavy atom. The van der Waals surface area contributed by atoms with Crippen molar-refractivity contribution in [3.05, 3.63) is 18.3 Å². The van der Waals surface area contributed by atoms with Crippen LogP contribution in [0.25, 0.3) is 0 Å². The Morgan fingerprint density at radius 3 is 3.10 bits per heavy atom. The summed E-state index contributed by atoms with van der Waals surface area (Å²) in [5.74, 6) is 3.34. The highest BCUT2D eigenvalue weighted by Crippen LogP contribution is 2.29. The van der Waals surface area contributed by atoms with Gasteiger partial charge >= 0.3 is 0 Å². The van der Waals surface area contributed by atoms with E-state index in [1.165, 1.54) is 12.8 Å². The third-order valence-corrected chi connectivity index (χ3v) is 3.85. The molecule has 1 aromatic rings. The van der Waals surface area contributed by atoms with Gasteiger partial charge in [0.05, 0.1) is 6.61 Å². The van der Waals surface area contributed by atoms with Crippen LogP contribution in [0.1, 0.15) is 33.6 Å². The summed E-state index contributed by atoms with van der Waals surface area (Å²) in [5, 5.41) is 3.59. The van der Waals surface area contributed by atoms with E-state index in [0.717, 1.165) is 37.7 Å². The first-order chi connectivity index (χ1) is 10.2. The number of anilines is 1. The van der Waals surface area contributed by atoms with Crippen molar-refractivity contribution in [2.45, 2.75) is 33.6 Å². The maximum absolute atomic E-state index is 5.72. The molecule has 1 atom stereocenters. The van der Waals surface area contributed by atoms with Gasteiger partial charge in [-0.15, -0.1) is 0 Å². The van der Waals surface area contributed by atoms with Gasteiger partial charge in [0.2, 0.25) is 0 Å². The van der Waals surface area contributed by atoms with Crippen LogP contribution < -0.4 is 15.0 Å². The van der Waals surface area contributed by atoms with E-state index in [0.29, 0.717) is 18.4 Å². The van der Waals surface area contributed by atoms with Crippen LogP contribution in [-0.4, -0.2) is 37.8 Å². The second-order valence-corrected chi connectivity index (χ2v) is 6.26. The highest BCUT2D eigenvalue weighted by atomic mass is 16.5. The summed E-state index contributed by atoms with van der Waals surface area (Å²) in [5.41, 5.74) is 0. The highest BCUT2D eigenvalue weighted by Gasteiger charge is 2.22. The number of nitrogens with zero attached hydrogens (tertiary/aromatic N) is 2. The van der Waals surface area contributed by atoms with Crippen molar-refractivity contribution < 1.29 is 4.74 Å². The van der Waals surface area contributed by atoms with Crippen molar-refractivity contribution in [3.8, 4) is 5.75 Å². The Hall–Kier alpha value is -1.29. The van der Waals surface area contributed by atoms with Gasteiger partial charge in [-0.25, -0.2) is 4.98 Å². The molecule has 1 aliphatic rings. The molecule has 0 aliphatic carbocycles. The molecule has 4 nitrogen and oxygen atoms in total. The molecule has 2 heterocycles. The number of hydrogen-bond acceptors (Lipinski definition) is 4. The van der Waals surface area contributed by atoms with Crippen LogP contribution in [-0.2, 0) is 0 Å². The Balaban J connectivity index is 1.94. The van der Waals surface area contributed by atoms with E-state index in [9.17, 15) is 0 Å². The lowest BCUT2D eigenvalue weighted by molar-refractivity contribution is 0.334. The summed E-state index contributed by atoms with van der Waals surface area (Å²) in [6, 6.07) is 3.96. The molecule has 0 bridgehead atoms. The molecule has 21 heavy (non-hydrogen) atoms. The van der Waals surface area contributed by atoms with Gasteiger partial charge in [-0.05, 0) is 56.8 Å². The largest absolute Gasteiger partial charge is 0.490 e. The quantitative estimate of drug-likeness (QED) is 0.838. The van der Waals surface area contributed by atoms with Crippen LogP contribution in [0.5, 0.6) is 5.75 Å². The van der Waals surface area contributed by atoms with Crippen LogP contribution in [0.2, 0.25) is 0 Å². The van der Waals surface area contributed by atoms with Gasteiger partial charge in [-0.3, -0.25) is 0 Å². The molecular formula is C17H29N3O. The summed E-state index contributed by atoms with van der Waals surface area (Å²) in [6.07, 6.45) is 4.40. The highest BCUT2D eigenvalue weighted by molar-refractivity contribution is 5.52. The van der Waals surface area contributed by atoms with E-state index in [4.69, 9.17) is 4.74 Å². The molecule has 0 aromatic carbocycles. The van der Waals surface area contributed by atoms with E-state index in [1.807, 2.05) is 25.3 Å². The third-order valence-electron chi connectivity index (χ3n) is 3.85. The molecule has 1 aromatic heterocycles. The molecule has 0 amide bonds. The Bertz CT molecular complexity index is 422. The number of nitrogens with one attached hydrogen (secondary N) is 1. The van der Waals surface area contributed by atoms with E-state index in [1.54, 1.807) is 0 Å². The summed E-state index contributed by atoms with van der Waals surface area (Å²) in [6.45, 7) is 11.6. The first-order valence-electron chi connectivity index (χ1n) is 8.24. The maximum Gasteiger partial charge on any atom is 0.171 e. The van der Waals surface area contributed by atoms with E-state index in [-0.39, 0.29) is 0 Å². The number of hydrogen-bond donors (Lipinski definition) is 1. The first kappa shape index (κ1) is 16.1. The molecule has 1 aliphatic heterocycles. The Morgan fingerprint density at radius 2 is 2.33 bits per heavy atom. The number of piperidine rings is 1. The zero-order chi connectivity index (χ0) is 15.1. The zero-order valence-electron chi connectivity index (χ0n) is 13.6. The average Bonchev–Trinajstić information content (AvgIpc) is 2.48. The summed E-state index contributed by atoms with van der Waals surface area (Å²) < 4.78 is 5.72. The van der Waals surface area contributed by atoms with Gasteiger partial charge in [0.1, 0.15) is 0 Å². The molecule has 0 spiro atoms. The minimum absolute atomic E-state index is 0.686. The number of rotatable bonds is 7. The minimum atomic E-state index is 0.686. The zero-order valence-corrected chi connectivity index (χ0v) is 13.6. The second-order valence-electron chi connectivity index (χ2n) is 6.26. The van der Waals surface area contributed by atoms with Crippen molar-refractivity contribution in [2.24, 2.45) is 11.8 Å². The fourth-order valence-corrected chi connectivity index (χ4v) is 2.89. The smallest absolute Gasteiger partial charge is 0.171 e. The molecule has 1 unspecified atom stereocenters. The van der Waals surface area contributed by atoms with Crippen molar-refractivity contribution >= 4 is 5.82 Å². The molecule has 0 saturated carbocycles. The molecule has 118 valence electrons. The number of pyridine rings is 1. The van der Waals surface area contributed by atoms with Crippen molar-refractivity contribution in [2.75, 3.05) is 37.7 Å². The SMILES string of the molecule is CCOc1cccnc1N1CCCC(CNCC(C)C)C1. The van der Waals surface area contributed by atoms with Crippen molar-refractivity contribution in [3.63, 3.8) is 0 Å². The summed E-state index contributed by atoms with van der Waals surface area (Å²) in [7, 11) is 0. The van der Waals surface area contributed by atoms with E-state index < -0.39 is 0 Å². The van der Waals surface area contributed by atoms with Crippen LogP contribution in [0.15, 0.2) is 18.3 Å². The average molecular weight is 291 g/mol. The molecule has 1 fully saturated rings. The second kappa shape index (κ2) is 8.23. The topological polar surface area (TPSA) is 37.4 Å². The van der Waals surface area contributed by atoms with Gasteiger partial charge in [0, 0.05) is 19.3 Å². The fraction of sp³-hybridized carbons (Fsp3) is 0.706. The molecule has 0 radical (unpaired) electrons. The van der Waals surface area contributed by atoms with Crippen LogP contribution in [0, 0.1) is 11.8 Å². The number of aromatic nitrogens is 1. The minimum Gasteiger partial charge on any atom is -0.490 e. The fourth-order valence-electron chi connectivity index (χ4n) is 2.89. The number of ether oxygens (including phenoxy) is 1. The Kier molecular flexibility index (Phi) is 6.30. The summed E-state index contributed by atoms with van der Waals surface area (Å²) >= 11 is 0. The predicted molar refractivity (Wildman–Crippen MR) is 88.1 cm³/mol. The van der Waals surface area contributed by atoms with Crippen LogP contribution in [0.4, 0.5) is 5.82 Å².